The molecule has 0 atom stereocenters. The fraction of sp³-hybridized carbons (Fsp3) is 0.125. The van der Waals surface area contributed by atoms with E-state index in [-0.39, 0.29) is 0 Å². The molecular formula is C8H8BrN3S. The molecule has 0 bridgehead atoms. The first-order valence-corrected chi connectivity index (χ1v) is 5.35. The van der Waals surface area contributed by atoms with E-state index in [4.69, 9.17) is 5.73 Å². The number of nitrogen functional groups attached to an aromatic ring is 1. The second-order valence-electron chi connectivity index (χ2n) is 2.71. The molecular weight excluding hydrogens is 250 g/mol. The Morgan fingerprint density at radius 2 is 2.31 bits per heavy atom. The molecule has 3 nitrogen and oxygen atoms in total. The molecule has 0 aliphatic carbocycles. The number of nitrogens with zero attached hydrogens (tertiary/aromatic N) is 1. The van der Waals surface area contributed by atoms with Crippen molar-refractivity contribution < 1.29 is 0 Å². The van der Waals surface area contributed by atoms with Gasteiger partial charge in [-0.05, 0) is 35.0 Å². The third-order valence-electron chi connectivity index (χ3n) is 1.87. The molecule has 0 saturated carbocycles. The Bertz CT molecular complexity index is 432. The number of halogens is 1. The predicted molar refractivity (Wildman–Crippen MR) is 58.8 cm³/mol. The molecule has 2 rings (SSSR count). The van der Waals surface area contributed by atoms with Crippen LogP contribution in [0.15, 0.2) is 15.9 Å². The fourth-order valence-corrected chi connectivity index (χ4v) is 2.54. The second-order valence-corrected chi connectivity index (χ2v) is 5.18. The number of hydrogen-bond acceptors (Lipinski definition) is 3. The van der Waals surface area contributed by atoms with E-state index < -0.39 is 0 Å². The van der Waals surface area contributed by atoms with E-state index in [0.717, 1.165) is 19.9 Å². The topological polar surface area (TPSA) is 54.7 Å². The molecule has 0 radical (unpaired) electrons. The van der Waals surface area contributed by atoms with Crippen LogP contribution in [0, 0.1) is 6.92 Å². The number of nitrogens with two attached hydrogens (primary N) is 1. The van der Waals surface area contributed by atoms with E-state index in [0.29, 0.717) is 5.82 Å². The molecule has 0 aliphatic heterocycles. The van der Waals surface area contributed by atoms with Crippen LogP contribution in [0.25, 0.3) is 10.6 Å². The molecule has 68 valence electrons. The highest BCUT2D eigenvalue weighted by molar-refractivity contribution is 9.11. The number of aromatic nitrogens is 2. The minimum atomic E-state index is 0.569. The lowest BCUT2D eigenvalue weighted by atomic mass is 10.2. The van der Waals surface area contributed by atoms with Crippen molar-refractivity contribution in [2.24, 2.45) is 0 Å². The standard InChI is InChI=1S/C8H8BrN3S/c1-4-7(11-12-8(4)10)5-2-3-6(9)13-5/h2-3H,1H3,(H3,10,11,12). The highest BCUT2D eigenvalue weighted by Crippen LogP contribution is 2.32. The van der Waals surface area contributed by atoms with Gasteiger partial charge in [0.25, 0.3) is 0 Å². The summed E-state index contributed by atoms with van der Waals surface area (Å²) < 4.78 is 1.11. The van der Waals surface area contributed by atoms with Crippen LogP contribution in [0.3, 0.4) is 0 Å². The Kier molecular flexibility index (Phi) is 2.13. The molecule has 5 heteroatoms. The zero-order chi connectivity index (χ0) is 9.42. The first-order chi connectivity index (χ1) is 6.18. The van der Waals surface area contributed by atoms with Gasteiger partial charge in [-0.1, -0.05) is 0 Å². The molecule has 2 aromatic rings. The van der Waals surface area contributed by atoms with Crippen molar-refractivity contribution in [1.82, 2.24) is 10.2 Å². The molecule has 0 spiro atoms. The van der Waals surface area contributed by atoms with Crippen LogP contribution < -0.4 is 5.73 Å². The molecule has 2 aromatic heterocycles. The summed E-state index contributed by atoms with van der Waals surface area (Å²) in [4.78, 5) is 1.15. The van der Waals surface area contributed by atoms with Crippen molar-refractivity contribution in [1.29, 1.82) is 0 Å². The van der Waals surface area contributed by atoms with Crippen molar-refractivity contribution in [3.63, 3.8) is 0 Å². The third kappa shape index (κ3) is 1.49. The number of H-pyrrole nitrogens is 1. The van der Waals surface area contributed by atoms with Gasteiger partial charge in [0.15, 0.2) is 0 Å². The summed E-state index contributed by atoms with van der Waals surface area (Å²) in [5.74, 6) is 0.569. The third-order valence-corrected chi connectivity index (χ3v) is 3.51. The molecule has 2 heterocycles. The van der Waals surface area contributed by atoms with E-state index in [9.17, 15) is 0 Å². The maximum atomic E-state index is 5.64. The Balaban J connectivity index is 2.52. The van der Waals surface area contributed by atoms with E-state index in [2.05, 4.69) is 26.1 Å². The predicted octanol–water partition coefficient (Wildman–Crippen LogP) is 2.79. The van der Waals surface area contributed by atoms with Crippen LogP contribution in [-0.2, 0) is 0 Å². The molecule has 0 fully saturated rings. The molecule has 0 aromatic carbocycles. The summed E-state index contributed by atoms with van der Waals surface area (Å²) >= 11 is 5.07. The van der Waals surface area contributed by atoms with Crippen LogP contribution >= 0.6 is 27.3 Å². The van der Waals surface area contributed by atoms with Gasteiger partial charge in [0.1, 0.15) is 5.82 Å². The van der Waals surface area contributed by atoms with Gasteiger partial charge in [0, 0.05) is 5.56 Å². The van der Waals surface area contributed by atoms with E-state index in [1.54, 1.807) is 11.3 Å². The molecule has 0 unspecified atom stereocenters. The smallest absolute Gasteiger partial charge is 0.148 e. The summed E-state index contributed by atoms with van der Waals surface area (Å²) in [7, 11) is 0. The number of anilines is 1. The number of thiophene rings is 1. The monoisotopic (exact) mass is 257 g/mol. The summed E-state index contributed by atoms with van der Waals surface area (Å²) in [6, 6.07) is 4.05. The van der Waals surface area contributed by atoms with Crippen LogP contribution in [0.2, 0.25) is 0 Å². The summed E-state index contributed by atoms with van der Waals surface area (Å²) in [5.41, 5.74) is 7.65. The van der Waals surface area contributed by atoms with Crippen molar-refractivity contribution >= 4 is 33.1 Å². The Morgan fingerprint density at radius 1 is 1.54 bits per heavy atom. The largest absolute Gasteiger partial charge is 0.382 e. The van der Waals surface area contributed by atoms with Gasteiger partial charge >= 0.3 is 0 Å². The minimum absolute atomic E-state index is 0.569. The quantitative estimate of drug-likeness (QED) is 0.826. The SMILES string of the molecule is Cc1c(N)n[nH]c1-c1ccc(Br)s1. The van der Waals surface area contributed by atoms with Crippen LogP contribution in [-0.4, -0.2) is 10.2 Å². The number of aromatic amines is 1. The van der Waals surface area contributed by atoms with Crippen LogP contribution in [0.5, 0.6) is 0 Å². The number of hydrogen-bond donors (Lipinski definition) is 2. The maximum Gasteiger partial charge on any atom is 0.148 e. The van der Waals surface area contributed by atoms with Crippen LogP contribution in [0.4, 0.5) is 5.82 Å². The van der Waals surface area contributed by atoms with Crippen molar-refractivity contribution in [2.75, 3.05) is 5.73 Å². The molecule has 0 amide bonds. The van der Waals surface area contributed by atoms with Crippen molar-refractivity contribution in [3.05, 3.63) is 21.5 Å². The Hall–Kier alpha value is -0.810. The highest BCUT2D eigenvalue weighted by atomic mass is 79.9. The fourth-order valence-electron chi connectivity index (χ4n) is 1.10. The maximum absolute atomic E-state index is 5.64. The molecule has 13 heavy (non-hydrogen) atoms. The molecule has 0 aliphatic rings. The number of nitrogens with one attached hydrogen (secondary N) is 1. The van der Waals surface area contributed by atoms with Gasteiger partial charge in [0.2, 0.25) is 0 Å². The summed E-state index contributed by atoms with van der Waals surface area (Å²) in [5, 5.41) is 6.86. The zero-order valence-electron chi connectivity index (χ0n) is 6.97. The van der Waals surface area contributed by atoms with E-state index in [1.807, 2.05) is 19.1 Å². The molecule has 0 saturated heterocycles. The lowest BCUT2D eigenvalue weighted by Gasteiger charge is -1.92. The van der Waals surface area contributed by atoms with Gasteiger partial charge in [-0.2, -0.15) is 5.10 Å². The summed E-state index contributed by atoms with van der Waals surface area (Å²) in [6.07, 6.45) is 0. The van der Waals surface area contributed by atoms with Gasteiger partial charge in [-0.15, -0.1) is 11.3 Å². The van der Waals surface area contributed by atoms with Gasteiger partial charge in [-0.25, -0.2) is 0 Å². The lowest BCUT2D eigenvalue weighted by molar-refractivity contribution is 1.11. The minimum Gasteiger partial charge on any atom is -0.382 e. The van der Waals surface area contributed by atoms with E-state index >= 15 is 0 Å². The highest BCUT2D eigenvalue weighted by Gasteiger charge is 2.09. The average Bonchev–Trinajstić information content (AvgIpc) is 2.62. The normalized spacial score (nSPS) is 10.6. The zero-order valence-corrected chi connectivity index (χ0v) is 9.37. The van der Waals surface area contributed by atoms with Crippen LogP contribution in [0.1, 0.15) is 5.56 Å². The number of rotatable bonds is 1. The van der Waals surface area contributed by atoms with Gasteiger partial charge in [0.05, 0.1) is 14.4 Å². The van der Waals surface area contributed by atoms with Gasteiger partial charge < -0.3 is 5.73 Å². The Morgan fingerprint density at radius 3 is 2.77 bits per heavy atom. The van der Waals surface area contributed by atoms with E-state index in [1.165, 1.54) is 0 Å². The van der Waals surface area contributed by atoms with Crippen molar-refractivity contribution in [3.8, 4) is 10.6 Å². The molecule has 3 N–H and O–H groups in total. The summed E-state index contributed by atoms with van der Waals surface area (Å²) in [6.45, 7) is 1.96. The first kappa shape index (κ1) is 8.77. The lowest BCUT2D eigenvalue weighted by Crippen LogP contribution is -1.85. The first-order valence-electron chi connectivity index (χ1n) is 3.74. The van der Waals surface area contributed by atoms with Gasteiger partial charge in [-0.3, -0.25) is 5.10 Å². The van der Waals surface area contributed by atoms with Crippen molar-refractivity contribution in [2.45, 2.75) is 6.92 Å². The average molecular weight is 258 g/mol. The second kappa shape index (κ2) is 3.16. The Labute approximate surface area is 88.1 Å².